The molecule has 18 heavy (non-hydrogen) atoms. The van der Waals surface area contributed by atoms with E-state index in [0.717, 1.165) is 19.4 Å². The van der Waals surface area contributed by atoms with Gasteiger partial charge in [0.05, 0.1) is 10.7 Å². The van der Waals surface area contributed by atoms with Gasteiger partial charge in [-0.15, -0.1) is 0 Å². The minimum atomic E-state index is 0.0208. The number of amides is 1. The van der Waals surface area contributed by atoms with Crippen molar-refractivity contribution in [2.45, 2.75) is 25.8 Å². The molecule has 1 fully saturated rings. The summed E-state index contributed by atoms with van der Waals surface area (Å²) in [5.74, 6) is 0.0591. The Labute approximate surface area is 117 Å². The van der Waals surface area contributed by atoms with Crippen molar-refractivity contribution >= 4 is 34.8 Å². The Hall–Kier alpha value is -0.770. The SMILES string of the molecule is CC1CC(C(=O)Nc2cc(Cl)ccc2Cl)CCN1. The molecule has 0 saturated carbocycles. The van der Waals surface area contributed by atoms with Gasteiger partial charge in [-0.3, -0.25) is 4.79 Å². The number of hydrogen-bond acceptors (Lipinski definition) is 2. The second kappa shape index (κ2) is 5.91. The average Bonchev–Trinajstić information content (AvgIpc) is 2.34. The summed E-state index contributed by atoms with van der Waals surface area (Å²) in [6, 6.07) is 5.44. The fourth-order valence-corrected chi connectivity index (χ4v) is 2.54. The minimum absolute atomic E-state index is 0.0208. The number of anilines is 1. The van der Waals surface area contributed by atoms with Gasteiger partial charge in [-0.2, -0.15) is 0 Å². The monoisotopic (exact) mass is 286 g/mol. The Morgan fingerprint density at radius 1 is 1.44 bits per heavy atom. The molecule has 0 aliphatic carbocycles. The molecule has 1 heterocycles. The van der Waals surface area contributed by atoms with Crippen molar-refractivity contribution in [3.63, 3.8) is 0 Å². The molecule has 1 amide bonds. The van der Waals surface area contributed by atoms with Crippen molar-refractivity contribution in [1.29, 1.82) is 0 Å². The Morgan fingerprint density at radius 2 is 2.22 bits per heavy atom. The standard InChI is InChI=1S/C13H16Cl2N2O/c1-8-6-9(4-5-16-8)13(18)17-12-7-10(14)2-3-11(12)15/h2-3,7-9,16H,4-6H2,1H3,(H,17,18). The number of carbonyl (C=O) groups excluding carboxylic acids is 1. The number of halogens is 2. The van der Waals surface area contributed by atoms with Gasteiger partial charge in [-0.25, -0.2) is 0 Å². The summed E-state index contributed by atoms with van der Waals surface area (Å²) in [4.78, 5) is 12.1. The predicted octanol–water partition coefficient (Wildman–Crippen LogP) is 3.32. The van der Waals surface area contributed by atoms with Gasteiger partial charge in [-0.1, -0.05) is 23.2 Å². The minimum Gasteiger partial charge on any atom is -0.324 e. The maximum absolute atomic E-state index is 12.1. The first kappa shape index (κ1) is 13.7. The first-order chi connectivity index (χ1) is 8.56. The van der Waals surface area contributed by atoms with E-state index in [4.69, 9.17) is 23.2 Å². The van der Waals surface area contributed by atoms with Gasteiger partial charge >= 0.3 is 0 Å². The van der Waals surface area contributed by atoms with Gasteiger partial charge in [0.25, 0.3) is 0 Å². The highest BCUT2D eigenvalue weighted by atomic mass is 35.5. The third-order valence-electron chi connectivity index (χ3n) is 3.18. The fourth-order valence-electron chi connectivity index (χ4n) is 2.20. The second-order valence-electron chi connectivity index (χ2n) is 4.69. The molecule has 98 valence electrons. The van der Waals surface area contributed by atoms with Gasteiger partial charge < -0.3 is 10.6 Å². The van der Waals surface area contributed by atoms with E-state index in [-0.39, 0.29) is 11.8 Å². The van der Waals surface area contributed by atoms with Crippen molar-refractivity contribution in [3.05, 3.63) is 28.2 Å². The summed E-state index contributed by atoms with van der Waals surface area (Å²) in [5.41, 5.74) is 0.584. The van der Waals surface area contributed by atoms with Crippen LogP contribution >= 0.6 is 23.2 Å². The molecule has 0 spiro atoms. The molecule has 5 heteroatoms. The largest absolute Gasteiger partial charge is 0.324 e. The van der Waals surface area contributed by atoms with Crippen molar-refractivity contribution in [2.24, 2.45) is 5.92 Å². The lowest BCUT2D eigenvalue weighted by molar-refractivity contribution is -0.120. The third-order valence-corrected chi connectivity index (χ3v) is 3.75. The van der Waals surface area contributed by atoms with Crippen molar-refractivity contribution < 1.29 is 4.79 Å². The zero-order valence-electron chi connectivity index (χ0n) is 10.2. The highest BCUT2D eigenvalue weighted by Gasteiger charge is 2.25. The van der Waals surface area contributed by atoms with Crippen LogP contribution < -0.4 is 10.6 Å². The van der Waals surface area contributed by atoms with E-state index in [9.17, 15) is 4.79 Å². The zero-order chi connectivity index (χ0) is 13.1. The zero-order valence-corrected chi connectivity index (χ0v) is 11.7. The molecular weight excluding hydrogens is 271 g/mol. The smallest absolute Gasteiger partial charge is 0.227 e. The Kier molecular flexibility index (Phi) is 4.49. The molecule has 3 nitrogen and oxygen atoms in total. The first-order valence-corrected chi connectivity index (χ1v) is 6.81. The normalized spacial score (nSPS) is 23.7. The number of benzene rings is 1. The van der Waals surface area contributed by atoms with Crippen molar-refractivity contribution in [1.82, 2.24) is 5.32 Å². The van der Waals surface area contributed by atoms with Crippen LogP contribution in [0.25, 0.3) is 0 Å². The topological polar surface area (TPSA) is 41.1 Å². The van der Waals surface area contributed by atoms with Crippen LogP contribution in [0.4, 0.5) is 5.69 Å². The van der Waals surface area contributed by atoms with Crippen molar-refractivity contribution in [3.8, 4) is 0 Å². The Balaban J connectivity index is 2.04. The molecule has 1 aromatic carbocycles. The van der Waals surface area contributed by atoms with Crippen LogP contribution in [0, 0.1) is 5.92 Å². The second-order valence-corrected chi connectivity index (χ2v) is 5.53. The van der Waals surface area contributed by atoms with Crippen LogP contribution in [-0.4, -0.2) is 18.5 Å². The van der Waals surface area contributed by atoms with Gasteiger partial charge in [0.15, 0.2) is 0 Å². The summed E-state index contributed by atoms with van der Waals surface area (Å²) < 4.78 is 0. The molecule has 1 aliphatic heterocycles. The van der Waals surface area contributed by atoms with E-state index in [0.29, 0.717) is 21.8 Å². The van der Waals surface area contributed by atoms with Crippen LogP contribution in [0.2, 0.25) is 10.0 Å². The van der Waals surface area contributed by atoms with E-state index < -0.39 is 0 Å². The van der Waals surface area contributed by atoms with E-state index in [2.05, 4.69) is 17.6 Å². The number of hydrogen-bond donors (Lipinski definition) is 2. The summed E-state index contributed by atoms with van der Waals surface area (Å²) in [6.07, 6.45) is 1.71. The molecule has 0 radical (unpaired) electrons. The van der Waals surface area contributed by atoms with Gasteiger partial charge in [-0.05, 0) is 44.5 Å². The quantitative estimate of drug-likeness (QED) is 0.876. The lowest BCUT2D eigenvalue weighted by Gasteiger charge is -2.27. The number of rotatable bonds is 2. The molecule has 2 unspecified atom stereocenters. The van der Waals surface area contributed by atoms with Crippen LogP contribution in [0.1, 0.15) is 19.8 Å². The molecule has 1 saturated heterocycles. The van der Waals surface area contributed by atoms with E-state index in [1.54, 1.807) is 18.2 Å². The predicted molar refractivity (Wildman–Crippen MR) is 75.3 cm³/mol. The Bertz CT molecular complexity index is 451. The molecule has 2 atom stereocenters. The first-order valence-electron chi connectivity index (χ1n) is 6.05. The van der Waals surface area contributed by atoms with Gasteiger partial charge in [0, 0.05) is 17.0 Å². The van der Waals surface area contributed by atoms with Crippen LogP contribution in [0.5, 0.6) is 0 Å². The number of nitrogens with one attached hydrogen (secondary N) is 2. The summed E-state index contributed by atoms with van der Waals surface area (Å²) in [7, 11) is 0. The summed E-state index contributed by atoms with van der Waals surface area (Å²) >= 11 is 11.9. The third kappa shape index (κ3) is 3.37. The molecule has 0 aromatic heterocycles. The molecular formula is C13H16Cl2N2O. The van der Waals surface area contributed by atoms with Gasteiger partial charge in [0.2, 0.25) is 5.91 Å². The van der Waals surface area contributed by atoms with Crippen LogP contribution in [-0.2, 0) is 4.79 Å². The van der Waals surface area contributed by atoms with E-state index in [1.807, 2.05) is 0 Å². The lowest BCUT2D eigenvalue weighted by Crippen LogP contribution is -2.40. The lowest BCUT2D eigenvalue weighted by atomic mass is 9.92. The molecule has 0 bridgehead atoms. The molecule has 2 rings (SSSR count). The number of piperidine rings is 1. The highest BCUT2D eigenvalue weighted by Crippen LogP contribution is 2.27. The van der Waals surface area contributed by atoms with Crippen LogP contribution in [0.15, 0.2) is 18.2 Å². The van der Waals surface area contributed by atoms with E-state index >= 15 is 0 Å². The van der Waals surface area contributed by atoms with Crippen LogP contribution in [0.3, 0.4) is 0 Å². The van der Waals surface area contributed by atoms with Gasteiger partial charge in [0.1, 0.15) is 0 Å². The average molecular weight is 287 g/mol. The fraction of sp³-hybridized carbons (Fsp3) is 0.462. The summed E-state index contributed by atoms with van der Waals surface area (Å²) in [5, 5.41) is 7.25. The number of carbonyl (C=O) groups is 1. The van der Waals surface area contributed by atoms with Crippen molar-refractivity contribution in [2.75, 3.05) is 11.9 Å². The maximum atomic E-state index is 12.1. The van der Waals surface area contributed by atoms with E-state index in [1.165, 1.54) is 0 Å². The highest BCUT2D eigenvalue weighted by molar-refractivity contribution is 6.35. The molecule has 2 N–H and O–H groups in total. The Morgan fingerprint density at radius 3 is 2.94 bits per heavy atom. The summed E-state index contributed by atoms with van der Waals surface area (Å²) in [6.45, 7) is 2.97. The molecule has 1 aromatic rings. The maximum Gasteiger partial charge on any atom is 0.227 e. The molecule has 1 aliphatic rings.